The van der Waals surface area contributed by atoms with Crippen LogP contribution in [0.15, 0.2) is 47.4 Å². The molecule has 0 spiro atoms. The van der Waals surface area contributed by atoms with Gasteiger partial charge in [0.2, 0.25) is 0 Å². The van der Waals surface area contributed by atoms with Crippen molar-refractivity contribution in [2.75, 3.05) is 26.7 Å². The number of likely N-dealkylation sites (N-methyl/N-ethyl adjacent to an activating group) is 1. The highest BCUT2D eigenvalue weighted by Crippen LogP contribution is 2.39. The number of aliphatic imine (C=N–C) groups is 1. The third-order valence-electron chi connectivity index (χ3n) is 8.16. The number of likely N-dealkylation sites (tertiary alicyclic amines) is 1. The number of hydrogen-bond donors (Lipinski definition) is 1. The number of nitrogens with one attached hydrogen (secondary N) is 1. The van der Waals surface area contributed by atoms with Crippen molar-refractivity contribution >= 4 is 5.84 Å². The van der Waals surface area contributed by atoms with Crippen LogP contribution in [0, 0.1) is 6.92 Å². The Morgan fingerprint density at radius 2 is 1.94 bits per heavy atom. The summed E-state index contributed by atoms with van der Waals surface area (Å²) in [6.45, 7) is 5.41. The van der Waals surface area contributed by atoms with E-state index in [0.717, 1.165) is 25.5 Å². The molecule has 5 aliphatic heterocycles. The summed E-state index contributed by atoms with van der Waals surface area (Å²) in [5.74, 6) is 2.54. The predicted octanol–water partition coefficient (Wildman–Crippen LogP) is 2.85. The van der Waals surface area contributed by atoms with Crippen LogP contribution < -0.4 is 5.32 Å². The number of pyridine rings is 1. The summed E-state index contributed by atoms with van der Waals surface area (Å²) in [5.41, 5.74) is 2.55. The van der Waals surface area contributed by atoms with E-state index in [-0.39, 0.29) is 0 Å². The van der Waals surface area contributed by atoms with Crippen LogP contribution in [0.4, 0.5) is 0 Å². The van der Waals surface area contributed by atoms with Crippen LogP contribution in [0.25, 0.3) is 0 Å². The lowest BCUT2D eigenvalue weighted by Crippen LogP contribution is -2.55. The Hall–Kier alpha value is -2.18. The summed E-state index contributed by atoms with van der Waals surface area (Å²) in [5, 5.41) is 3.62. The van der Waals surface area contributed by atoms with Gasteiger partial charge in [0.25, 0.3) is 0 Å². The molecule has 5 aliphatic rings. The first-order valence-electron chi connectivity index (χ1n) is 12.1. The van der Waals surface area contributed by atoms with Crippen molar-refractivity contribution in [3.8, 4) is 0 Å². The molecule has 31 heavy (non-hydrogen) atoms. The zero-order valence-corrected chi connectivity index (χ0v) is 18.7. The second kappa shape index (κ2) is 7.75. The molecular formula is C25H34N6. The highest BCUT2D eigenvalue weighted by atomic mass is 15.4. The van der Waals surface area contributed by atoms with Crippen molar-refractivity contribution in [3.05, 3.63) is 53.6 Å². The summed E-state index contributed by atoms with van der Waals surface area (Å²) in [6, 6.07) is 6.68. The molecule has 0 amide bonds. The lowest BCUT2D eigenvalue weighted by atomic mass is 9.89. The zero-order chi connectivity index (χ0) is 20.9. The second-order valence-corrected chi connectivity index (χ2v) is 9.88. The zero-order valence-electron chi connectivity index (χ0n) is 18.7. The number of rotatable bonds is 3. The maximum Gasteiger partial charge on any atom is 0.129 e. The number of hydrogen-bond acceptors (Lipinski definition) is 6. The number of piperidine rings is 1. The van der Waals surface area contributed by atoms with Crippen LogP contribution in [-0.2, 0) is 0 Å². The topological polar surface area (TPSA) is 47.0 Å². The van der Waals surface area contributed by atoms with Gasteiger partial charge in [0.1, 0.15) is 11.7 Å². The van der Waals surface area contributed by atoms with Crippen LogP contribution in [0.3, 0.4) is 0 Å². The first-order valence-corrected chi connectivity index (χ1v) is 12.1. The first-order chi connectivity index (χ1) is 15.2. The number of fused-ring (bicyclic) bond motifs is 3. The molecule has 0 aliphatic carbocycles. The van der Waals surface area contributed by atoms with E-state index >= 15 is 0 Å². The molecular weight excluding hydrogens is 384 g/mol. The van der Waals surface area contributed by atoms with E-state index in [9.17, 15) is 0 Å². The number of allylic oxidation sites excluding steroid dienone is 2. The quantitative estimate of drug-likeness (QED) is 0.818. The highest BCUT2D eigenvalue weighted by Gasteiger charge is 2.44. The third kappa shape index (κ3) is 3.23. The Labute approximate surface area is 185 Å². The van der Waals surface area contributed by atoms with Crippen molar-refractivity contribution in [1.29, 1.82) is 0 Å². The standard InChI is InChI=1S/C25H34N6/c1-17-6-5-13-27-25(17)22-8-3-7-21(29(22)2)20-16-30-23(28-20)9-4-10-24(30)31-18-11-12-19(31)15-26-14-18/h4-6,9-10,13,18-22,26H,3,7-8,11-12,14-16H2,1-2H3/t18?,19?,20?,21-,22+/m1/s1. The first kappa shape index (κ1) is 19.5. The van der Waals surface area contributed by atoms with E-state index < -0.39 is 0 Å². The maximum absolute atomic E-state index is 5.26. The second-order valence-electron chi connectivity index (χ2n) is 9.88. The molecule has 6 heterocycles. The van der Waals surface area contributed by atoms with Gasteiger partial charge in [0, 0.05) is 44.0 Å². The smallest absolute Gasteiger partial charge is 0.129 e. The monoisotopic (exact) mass is 418 g/mol. The molecule has 6 nitrogen and oxygen atoms in total. The maximum atomic E-state index is 5.26. The Morgan fingerprint density at radius 1 is 1.10 bits per heavy atom. The Kier molecular flexibility index (Phi) is 4.87. The van der Waals surface area contributed by atoms with Gasteiger partial charge in [-0.3, -0.25) is 14.9 Å². The van der Waals surface area contributed by atoms with Crippen LogP contribution in [0.1, 0.15) is 49.4 Å². The number of nitrogens with zero attached hydrogens (tertiary/aromatic N) is 5. The lowest BCUT2D eigenvalue weighted by molar-refractivity contribution is 0.0899. The molecule has 2 bridgehead atoms. The fraction of sp³-hybridized carbons (Fsp3) is 0.600. The number of aryl methyl sites for hydroxylation is 1. The van der Waals surface area contributed by atoms with Gasteiger partial charge >= 0.3 is 0 Å². The van der Waals surface area contributed by atoms with E-state index in [4.69, 9.17) is 9.98 Å². The molecule has 6 rings (SSSR count). The van der Waals surface area contributed by atoms with E-state index in [1.807, 2.05) is 12.3 Å². The van der Waals surface area contributed by atoms with E-state index in [0.29, 0.717) is 30.2 Å². The molecule has 1 aromatic heterocycles. The Balaban J connectivity index is 1.23. The van der Waals surface area contributed by atoms with Crippen molar-refractivity contribution < 1.29 is 0 Å². The lowest BCUT2D eigenvalue weighted by Gasteiger charge is -2.44. The normalized spacial score (nSPS) is 35.2. The molecule has 0 aromatic carbocycles. The molecule has 1 N–H and O–H groups in total. The van der Waals surface area contributed by atoms with Gasteiger partial charge in [-0.25, -0.2) is 0 Å². The van der Waals surface area contributed by atoms with Gasteiger partial charge < -0.3 is 15.1 Å². The van der Waals surface area contributed by atoms with Gasteiger partial charge in [0.05, 0.1) is 17.8 Å². The molecule has 3 saturated heterocycles. The van der Waals surface area contributed by atoms with Gasteiger partial charge in [-0.15, -0.1) is 0 Å². The molecule has 164 valence electrons. The van der Waals surface area contributed by atoms with Crippen LogP contribution in [0.2, 0.25) is 0 Å². The van der Waals surface area contributed by atoms with Gasteiger partial charge in [0.15, 0.2) is 0 Å². The largest absolute Gasteiger partial charge is 0.349 e. The minimum atomic E-state index is 0.318. The van der Waals surface area contributed by atoms with Gasteiger partial charge in [-0.2, -0.15) is 0 Å². The van der Waals surface area contributed by atoms with Gasteiger partial charge in [-0.05, 0) is 69.9 Å². The molecule has 5 atom stereocenters. The summed E-state index contributed by atoms with van der Waals surface area (Å²) in [6.07, 6.45) is 14.9. The molecule has 3 fully saturated rings. The van der Waals surface area contributed by atoms with Crippen LogP contribution >= 0.6 is 0 Å². The molecule has 0 saturated carbocycles. The van der Waals surface area contributed by atoms with Crippen molar-refractivity contribution in [2.45, 2.75) is 69.2 Å². The van der Waals surface area contributed by atoms with Gasteiger partial charge in [-0.1, -0.05) is 12.1 Å². The fourth-order valence-corrected chi connectivity index (χ4v) is 6.60. The summed E-state index contributed by atoms with van der Waals surface area (Å²) < 4.78 is 0. The summed E-state index contributed by atoms with van der Waals surface area (Å²) in [7, 11) is 2.29. The predicted molar refractivity (Wildman–Crippen MR) is 124 cm³/mol. The third-order valence-corrected chi connectivity index (χ3v) is 8.16. The molecule has 0 radical (unpaired) electrons. The minimum absolute atomic E-state index is 0.318. The fourth-order valence-electron chi connectivity index (χ4n) is 6.60. The van der Waals surface area contributed by atoms with Crippen LogP contribution in [0.5, 0.6) is 0 Å². The Morgan fingerprint density at radius 3 is 2.74 bits per heavy atom. The van der Waals surface area contributed by atoms with E-state index in [1.165, 1.54) is 49.2 Å². The summed E-state index contributed by atoms with van der Waals surface area (Å²) >= 11 is 0. The number of amidine groups is 1. The average molecular weight is 419 g/mol. The molecule has 3 unspecified atom stereocenters. The molecule has 6 heteroatoms. The average Bonchev–Trinajstić information content (AvgIpc) is 3.32. The van der Waals surface area contributed by atoms with Crippen molar-refractivity contribution in [1.82, 2.24) is 25.0 Å². The highest BCUT2D eigenvalue weighted by molar-refractivity contribution is 5.97. The Bertz CT molecular complexity index is 920. The van der Waals surface area contributed by atoms with Crippen molar-refractivity contribution in [3.63, 3.8) is 0 Å². The number of aromatic nitrogens is 1. The number of piperazine rings is 1. The SMILES string of the molecule is Cc1cccnc1[C@@H]1CCC[C@H](C2CN3C(N4C5CCC4CNC5)=CC=CC3=N2)N1C. The van der Waals surface area contributed by atoms with Crippen LogP contribution in [-0.4, -0.2) is 76.4 Å². The summed E-state index contributed by atoms with van der Waals surface area (Å²) in [4.78, 5) is 17.8. The van der Waals surface area contributed by atoms with E-state index in [1.54, 1.807) is 0 Å². The van der Waals surface area contributed by atoms with Crippen molar-refractivity contribution in [2.24, 2.45) is 4.99 Å². The minimum Gasteiger partial charge on any atom is -0.349 e. The van der Waals surface area contributed by atoms with E-state index in [2.05, 4.69) is 58.3 Å². The molecule has 1 aromatic rings.